The molecule has 1 amide bonds. The van der Waals surface area contributed by atoms with E-state index in [4.69, 9.17) is 18.9 Å². The van der Waals surface area contributed by atoms with Gasteiger partial charge in [-0.25, -0.2) is 0 Å². The van der Waals surface area contributed by atoms with E-state index in [9.17, 15) is 45.6 Å². The van der Waals surface area contributed by atoms with Crippen molar-refractivity contribution in [1.29, 1.82) is 0 Å². The van der Waals surface area contributed by atoms with Crippen LogP contribution in [0.25, 0.3) is 0 Å². The molecule has 2 aliphatic heterocycles. The second-order valence-corrected chi connectivity index (χ2v) is 24.3. The average molecular weight is 1130 g/mol. The summed E-state index contributed by atoms with van der Waals surface area (Å²) in [6, 6.07) is -0.822. The van der Waals surface area contributed by atoms with E-state index in [1.807, 2.05) is 0 Å². The lowest BCUT2D eigenvalue weighted by Gasteiger charge is -2.46. The molecule has 12 atom stereocenters. The van der Waals surface area contributed by atoms with Crippen molar-refractivity contribution in [2.45, 2.75) is 389 Å². The fourth-order valence-corrected chi connectivity index (χ4v) is 11.7. The normalized spacial score (nSPS) is 24.3. The largest absolute Gasteiger partial charge is 0.394 e. The van der Waals surface area contributed by atoms with Crippen LogP contribution in [0.15, 0.2) is 0 Å². The van der Waals surface area contributed by atoms with Gasteiger partial charge in [0.15, 0.2) is 12.6 Å². The molecule has 0 spiro atoms. The van der Waals surface area contributed by atoms with Crippen molar-refractivity contribution < 1.29 is 64.6 Å². The van der Waals surface area contributed by atoms with Crippen LogP contribution in [-0.2, 0) is 23.7 Å². The van der Waals surface area contributed by atoms with E-state index in [2.05, 4.69) is 19.2 Å². The number of hydrogen-bond donors (Lipinski definition) is 9. The summed E-state index contributed by atoms with van der Waals surface area (Å²) in [6.45, 7) is 2.89. The van der Waals surface area contributed by atoms with E-state index in [1.54, 1.807) is 0 Å². The van der Waals surface area contributed by atoms with Crippen molar-refractivity contribution in [3.8, 4) is 0 Å². The van der Waals surface area contributed by atoms with Gasteiger partial charge in [0.05, 0.1) is 32.0 Å². The van der Waals surface area contributed by atoms with Gasteiger partial charge in [0.1, 0.15) is 48.8 Å². The molecular formula is C65H127NO13. The zero-order chi connectivity index (χ0) is 57.4. The minimum Gasteiger partial charge on any atom is -0.394 e. The molecule has 2 aliphatic rings. The maximum Gasteiger partial charge on any atom is 0.220 e. The Hall–Kier alpha value is -1.01. The van der Waals surface area contributed by atoms with E-state index in [0.29, 0.717) is 12.8 Å². The number of ether oxygens (including phenoxy) is 4. The van der Waals surface area contributed by atoms with Crippen molar-refractivity contribution in [3.63, 3.8) is 0 Å². The molecule has 14 heteroatoms. The van der Waals surface area contributed by atoms with Gasteiger partial charge in [-0.1, -0.05) is 296 Å². The molecule has 79 heavy (non-hydrogen) atoms. The quantitative estimate of drug-likeness (QED) is 0.0259. The summed E-state index contributed by atoms with van der Waals surface area (Å²) < 4.78 is 22.8. The average Bonchev–Trinajstić information content (AvgIpc) is 3.47. The summed E-state index contributed by atoms with van der Waals surface area (Å²) in [4.78, 5) is 13.3. The smallest absolute Gasteiger partial charge is 0.220 e. The van der Waals surface area contributed by atoms with E-state index in [-0.39, 0.29) is 12.5 Å². The highest BCUT2D eigenvalue weighted by atomic mass is 16.7. The summed E-state index contributed by atoms with van der Waals surface area (Å²) in [5.74, 6) is -0.200. The molecule has 0 aromatic heterocycles. The van der Waals surface area contributed by atoms with Crippen molar-refractivity contribution in [1.82, 2.24) is 5.32 Å². The van der Waals surface area contributed by atoms with Gasteiger partial charge in [0.2, 0.25) is 5.91 Å². The molecule has 2 heterocycles. The maximum atomic E-state index is 13.3. The van der Waals surface area contributed by atoms with Gasteiger partial charge < -0.3 is 65.1 Å². The molecule has 0 radical (unpaired) electrons. The number of amides is 1. The molecule has 0 aromatic carbocycles. The summed E-state index contributed by atoms with van der Waals surface area (Å²) in [5, 5.41) is 87.2. The fourth-order valence-electron chi connectivity index (χ4n) is 11.7. The van der Waals surface area contributed by atoms with Crippen LogP contribution in [0.4, 0.5) is 0 Å². The van der Waals surface area contributed by atoms with Crippen molar-refractivity contribution in [2.75, 3.05) is 19.8 Å². The number of nitrogens with one attached hydrogen (secondary N) is 1. The van der Waals surface area contributed by atoms with Crippen molar-refractivity contribution in [2.24, 2.45) is 0 Å². The molecule has 9 N–H and O–H groups in total. The zero-order valence-electron chi connectivity index (χ0n) is 50.9. The highest BCUT2D eigenvalue weighted by Gasteiger charge is 2.51. The number of carbonyl (C=O) groups excluding carboxylic acids is 1. The summed E-state index contributed by atoms with van der Waals surface area (Å²) >= 11 is 0. The Labute approximate surface area is 483 Å². The third-order valence-corrected chi connectivity index (χ3v) is 17.1. The van der Waals surface area contributed by atoms with Crippen LogP contribution >= 0.6 is 0 Å². The van der Waals surface area contributed by atoms with E-state index < -0.39 is 86.8 Å². The predicted molar refractivity (Wildman–Crippen MR) is 319 cm³/mol. The molecule has 0 aliphatic carbocycles. The Morgan fingerprint density at radius 1 is 0.405 bits per heavy atom. The Balaban J connectivity index is 1.56. The Morgan fingerprint density at radius 3 is 1.08 bits per heavy atom. The lowest BCUT2D eigenvalue weighted by molar-refractivity contribution is -0.359. The first-order valence-corrected chi connectivity index (χ1v) is 33.8. The lowest BCUT2D eigenvalue weighted by Crippen LogP contribution is -2.65. The van der Waals surface area contributed by atoms with Gasteiger partial charge in [-0.15, -0.1) is 0 Å². The predicted octanol–water partition coefficient (Wildman–Crippen LogP) is 12.8. The first-order valence-electron chi connectivity index (χ1n) is 33.8. The fraction of sp³-hybridized carbons (Fsp3) is 0.985. The summed E-state index contributed by atoms with van der Waals surface area (Å²) in [7, 11) is 0. The van der Waals surface area contributed by atoms with E-state index >= 15 is 0 Å². The number of aliphatic hydroxyl groups is 8. The van der Waals surface area contributed by atoms with Crippen LogP contribution < -0.4 is 5.32 Å². The Bertz CT molecular complexity index is 1330. The van der Waals surface area contributed by atoms with Crippen LogP contribution in [0, 0.1) is 0 Å². The zero-order valence-corrected chi connectivity index (χ0v) is 50.9. The third-order valence-electron chi connectivity index (χ3n) is 17.1. The second-order valence-electron chi connectivity index (χ2n) is 24.3. The van der Waals surface area contributed by atoms with Crippen LogP contribution in [0.2, 0.25) is 0 Å². The molecule has 470 valence electrons. The van der Waals surface area contributed by atoms with Crippen LogP contribution in [0.3, 0.4) is 0 Å². The molecule has 14 nitrogen and oxygen atoms in total. The number of unbranched alkanes of at least 4 members (excludes halogenated alkanes) is 43. The number of carbonyl (C=O) groups is 1. The molecule has 2 rings (SSSR count). The van der Waals surface area contributed by atoms with Gasteiger partial charge >= 0.3 is 0 Å². The molecule has 2 fully saturated rings. The van der Waals surface area contributed by atoms with Gasteiger partial charge in [-0.3, -0.25) is 4.79 Å². The van der Waals surface area contributed by atoms with Gasteiger partial charge in [-0.2, -0.15) is 0 Å². The van der Waals surface area contributed by atoms with Crippen LogP contribution in [-0.4, -0.2) is 140 Å². The Morgan fingerprint density at radius 2 is 0.722 bits per heavy atom. The summed E-state index contributed by atoms with van der Waals surface area (Å²) in [5.41, 5.74) is 0. The standard InChI is InChI=1S/C65H127NO13/c1-3-5-7-9-11-13-15-16-17-18-19-20-21-22-23-24-25-26-27-28-29-30-31-32-33-34-35-36-37-39-41-43-45-47-49-57(70)66-53(54(69)48-46-44-42-40-38-14-12-10-8-6-4-2)52-76-64-62(75)60(73)63(56(51-68)78-64)79-65-61(74)59(72)58(71)55(50-67)77-65/h53-56,58-65,67-69,71-75H,3-52H2,1-2H3,(H,66,70)/t53-,54+,55+,56+,58-,59?,60?,61?,62?,63+,64+,65-/m0/s1. The number of hydrogen-bond acceptors (Lipinski definition) is 13. The first-order chi connectivity index (χ1) is 38.6. The number of rotatable bonds is 56. The lowest BCUT2D eigenvalue weighted by atomic mass is 9.97. The number of aliphatic hydroxyl groups excluding tert-OH is 8. The van der Waals surface area contributed by atoms with Crippen LogP contribution in [0.1, 0.15) is 316 Å². The first kappa shape index (κ1) is 74.1. The van der Waals surface area contributed by atoms with Gasteiger partial charge in [0, 0.05) is 6.42 Å². The molecule has 0 aromatic rings. The SMILES string of the molecule is CCCCCCCCCCCCCCCCCCCCCCCCCCCCCCCCCCCCC(=O)N[C@@H](CO[C@@H]1O[C@H](CO)[C@@H](O[C@@H]2O[C@H](CO)[C@H](O)C(O)C2O)C(O)C1O)[C@H](O)CCCCCCCCCCCCC. The molecule has 0 bridgehead atoms. The molecule has 0 saturated carbocycles. The monoisotopic (exact) mass is 1130 g/mol. The Kier molecular flexibility index (Phi) is 48.2. The second kappa shape index (κ2) is 51.4. The minimum absolute atomic E-state index is 0.200. The third kappa shape index (κ3) is 36.4. The minimum atomic E-state index is -1.78. The van der Waals surface area contributed by atoms with Crippen molar-refractivity contribution >= 4 is 5.91 Å². The van der Waals surface area contributed by atoms with Crippen molar-refractivity contribution in [3.05, 3.63) is 0 Å². The maximum absolute atomic E-state index is 13.3. The van der Waals surface area contributed by atoms with Gasteiger partial charge in [-0.05, 0) is 12.8 Å². The van der Waals surface area contributed by atoms with Gasteiger partial charge in [0.25, 0.3) is 0 Å². The molecule has 4 unspecified atom stereocenters. The molecule has 2 saturated heterocycles. The van der Waals surface area contributed by atoms with Crippen LogP contribution in [0.5, 0.6) is 0 Å². The highest BCUT2D eigenvalue weighted by Crippen LogP contribution is 2.30. The topological polar surface area (TPSA) is 228 Å². The molecular weight excluding hydrogens is 1000 g/mol. The van der Waals surface area contributed by atoms with E-state index in [0.717, 1.165) is 51.4 Å². The highest BCUT2D eigenvalue weighted by molar-refractivity contribution is 5.76. The van der Waals surface area contributed by atoms with E-state index in [1.165, 1.54) is 238 Å². The summed E-state index contributed by atoms with van der Waals surface area (Å²) in [6.07, 6.45) is 43.0.